The monoisotopic (exact) mass is 169 g/mol. The fourth-order valence-corrected chi connectivity index (χ4v) is 1.21. The smallest absolute Gasteiger partial charge is 0.149 e. The van der Waals surface area contributed by atoms with Crippen LogP contribution in [0.25, 0.3) is 0 Å². The van der Waals surface area contributed by atoms with Gasteiger partial charge in [0.2, 0.25) is 0 Å². The van der Waals surface area contributed by atoms with Crippen LogP contribution < -0.4 is 16.0 Å². The molecule has 0 spiro atoms. The van der Waals surface area contributed by atoms with Crippen LogP contribution in [0.4, 0.5) is 0 Å². The Bertz CT molecular complexity index is 189. The minimum absolute atomic E-state index is 0.690. The maximum absolute atomic E-state index is 10.6. The summed E-state index contributed by atoms with van der Waals surface area (Å²) in [7, 11) is 1.87. The van der Waals surface area contributed by atoms with Gasteiger partial charge >= 0.3 is 0 Å². The van der Waals surface area contributed by atoms with Crippen LogP contribution in [0, 0.1) is 0 Å². The lowest BCUT2D eigenvalue weighted by atomic mass is 10.1. The fourth-order valence-electron chi connectivity index (χ4n) is 1.21. The van der Waals surface area contributed by atoms with E-state index in [-0.39, 0.29) is 0 Å². The van der Waals surface area contributed by atoms with E-state index in [0.717, 1.165) is 30.5 Å². The molecule has 0 bridgehead atoms. The lowest BCUT2D eigenvalue weighted by molar-refractivity contribution is -0.105. The van der Waals surface area contributed by atoms with Crippen molar-refractivity contribution >= 4 is 6.29 Å². The van der Waals surface area contributed by atoms with Crippen molar-refractivity contribution in [3.05, 3.63) is 11.3 Å². The molecule has 0 aromatic carbocycles. The van der Waals surface area contributed by atoms with Gasteiger partial charge in [-0.1, -0.05) is 0 Å². The van der Waals surface area contributed by atoms with Gasteiger partial charge in [-0.05, 0) is 7.05 Å². The number of rotatable bonds is 4. The highest BCUT2D eigenvalue weighted by Crippen LogP contribution is 2.06. The first kappa shape index (κ1) is 9.22. The molecule has 0 aliphatic carbocycles. The zero-order chi connectivity index (χ0) is 8.81. The van der Waals surface area contributed by atoms with Gasteiger partial charge in [0.1, 0.15) is 6.29 Å². The van der Waals surface area contributed by atoms with Gasteiger partial charge in [0.05, 0.1) is 6.67 Å². The van der Waals surface area contributed by atoms with Gasteiger partial charge in [0.15, 0.2) is 0 Å². The predicted octanol–water partition coefficient (Wildman–Crippen LogP) is -0.801. The maximum Gasteiger partial charge on any atom is 0.149 e. The van der Waals surface area contributed by atoms with Crippen LogP contribution in [0.1, 0.15) is 6.42 Å². The average molecular weight is 169 g/mol. The zero-order valence-corrected chi connectivity index (χ0v) is 7.31. The van der Waals surface area contributed by atoms with E-state index in [1.165, 1.54) is 0 Å². The molecule has 0 saturated heterocycles. The molecule has 0 aromatic rings. The van der Waals surface area contributed by atoms with E-state index in [4.69, 9.17) is 0 Å². The number of hydrogen-bond donors (Lipinski definition) is 3. The third-order valence-corrected chi connectivity index (χ3v) is 1.88. The average Bonchev–Trinajstić information content (AvgIpc) is 2.15. The number of carbonyl (C=O) groups excluding carboxylic acids is 1. The molecule has 1 heterocycles. The minimum atomic E-state index is 0.690. The van der Waals surface area contributed by atoms with Gasteiger partial charge in [0.25, 0.3) is 0 Å². The van der Waals surface area contributed by atoms with Gasteiger partial charge in [-0.15, -0.1) is 0 Å². The van der Waals surface area contributed by atoms with Crippen molar-refractivity contribution in [2.75, 3.05) is 26.8 Å². The largest absolute Gasteiger partial charge is 0.375 e. The molecule has 4 nitrogen and oxygen atoms in total. The molecular formula is C8H15N3O. The third kappa shape index (κ3) is 2.32. The lowest BCUT2D eigenvalue weighted by Gasteiger charge is -2.19. The lowest BCUT2D eigenvalue weighted by Crippen LogP contribution is -2.34. The van der Waals surface area contributed by atoms with Crippen LogP contribution in [0.5, 0.6) is 0 Å². The van der Waals surface area contributed by atoms with Gasteiger partial charge in [-0.25, -0.2) is 0 Å². The van der Waals surface area contributed by atoms with Crippen molar-refractivity contribution in [1.29, 1.82) is 0 Å². The Hall–Kier alpha value is -0.870. The fraction of sp³-hybridized carbons (Fsp3) is 0.625. The van der Waals surface area contributed by atoms with E-state index in [9.17, 15) is 4.79 Å². The first-order chi connectivity index (χ1) is 5.88. The molecule has 1 aliphatic rings. The molecule has 1 aliphatic heterocycles. The summed E-state index contributed by atoms with van der Waals surface area (Å²) in [6, 6.07) is 0. The molecule has 12 heavy (non-hydrogen) atoms. The molecule has 0 saturated carbocycles. The Morgan fingerprint density at radius 2 is 2.50 bits per heavy atom. The number of carbonyl (C=O) groups is 1. The number of hydrogen-bond acceptors (Lipinski definition) is 4. The summed E-state index contributed by atoms with van der Waals surface area (Å²) < 4.78 is 0. The second-order valence-electron chi connectivity index (χ2n) is 2.76. The summed E-state index contributed by atoms with van der Waals surface area (Å²) in [5.74, 6) is 0. The van der Waals surface area contributed by atoms with Gasteiger partial charge in [-0.3, -0.25) is 4.79 Å². The molecule has 0 amide bonds. The van der Waals surface area contributed by atoms with Crippen LogP contribution in [0.15, 0.2) is 11.3 Å². The Morgan fingerprint density at radius 3 is 3.17 bits per heavy atom. The number of nitrogens with one attached hydrogen (secondary N) is 3. The molecular weight excluding hydrogens is 154 g/mol. The van der Waals surface area contributed by atoms with E-state index in [1.807, 2.05) is 7.05 Å². The van der Waals surface area contributed by atoms with Crippen molar-refractivity contribution < 1.29 is 4.79 Å². The van der Waals surface area contributed by atoms with E-state index < -0.39 is 0 Å². The third-order valence-electron chi connectivity index (χ3n) is 1.88. The standard InChI is InChI=1S/C8H15N3O/c1-9-6-11-8-2-3-10-4-7(8)5-12/h5,9-11H,2-4,6H2,1H3. The highest BCUT2D eigenvalue weighted by Gasteiger charge is 2.09. The summed E-state index contributed by atoms with van der Waals surface area (Å²) in [6.45, 7) is 2.35. The zero-order valence-electron chi connectivity index (χ0n) is 7.31. The highest BCUT2D eigenvalue weighted by atomic mass is 16.1. The van der Waals surface area contributed by atoms with Crippen LogP contribution in [0.2, 0.25) is 0 Å². The highest BCUT2D eigenvalue weighted by molar-refractivity contribution is 5.75. The Morgan fingerprint density at radius 1 is 1.67 bits per heavy atom. The van der Waals surface area contributed by atoms with Crippen molar-refractivity contribution in [2.45, 2.75) is 6.42 Å². The molecule has 0 atom stereocenters. The minimum Gasteiger partial charge on any atom is -0.375 e. The SMILES string of the molecule is CNCNC1=C(C=O)CNCC1. The summed E-state index contributed by atoms with van der Waals surface area (Å²) >= 11 is 0. The van der Waals surface area contributed by atoms with E-state index in [0.29, 0.717) is 13.2 Å². The molecule has 68 valence electrons. The van der Waals surface area contributed by atoms with Crippen LogP contribution in [0.3, 0.4) is 0 Å². The Balaban J connectivity index is 2.53. The van der Waals surface area contributed by atoms with Crippen LogP contribution in [-0.2, 0) is 4.79 Å². The van der Waals surface area contributed by atoms with Crippen molar-refractivity contribution in [3.63, 3.8) is 0 Å². The molecule has 0 aromatic heterocycles. The topological polar surface area (TPSA) is 53.2 Å². The molecule has 1 rings (SSSR count). The molecule has 0 radical (unpaired) electrons. The Kier molecular flexibility index (Phi) is 3.76. The van der Waals surface area contributed by atoms with Gasteiger partial charge < -0.3 is 16.0 Å². The molecule has 0 fully saturated rings. The Labute approximate surface area is 72.4 Å². The van der Waals surface area contributed by atoms with E-state index in [1.54, 1.807) is 0 Å². The van der Waals surface area contributed by atoms with Gasteiger partial charge in [0, 0.05) is 30.8 Å². The van der Waals surface area contributed by atoms with E-state index >= 15 is 0 Å². The first-order valence-electron chi connectivity index (χ1n) is 4.15. The summed E-state index contributed by atoms with van der Waals surface area (Å²) in [6.07, 6.45) is 1.83. The normalized spacial score (nSPS) is 17.8. The predicted molar refractivity (Wildman–Crippen MR) is 47.6 cm³/mol. The second kappa shape index (κ2) is 4.90. The van der Waals surface area contributed by atoms with Crippen molar-refractivity contribution in [1.82, 2.24) is 16.0 Å². The van der Waals surface area contributed by atoms with Crippen molar-refractivity contribution in [2.24, 2.45) is 0 Å². The molecule has 3 N–H and O–H groups in total. The summed E-state index contributed by atoms with van der Waals surface area (Å²) in [5, 5.41) is 9.29. The number of aldehydes is 1. The second-order valence-corrected chi connectivity index (χ2v) is 2.76. The first-order valence-corrected chi connectivity index (χ1v) is 4.15. The maximum atomic E-state index is 10.6. The van der Waals surface area contributed by atoms with Gasteiger partial charge in [-0.2, -0.15) is 0 Å². The van der Waals surface area contributed by atoms with E-state index in [2.05, 4.69) is 16.0 Å². The van der Waals surface area contributed by atoms with Crippen LogP contribution >= 0.6 is 0 Å². The molecule has 0 unspecified atom stereocenters. The quantitative estimate of drug-likeness (QED) is 0.381. The summed E-state index contributed by atoms with van der Waals surface area (Å²) in [4.78, 5) is 10.6. The van der Waals surface area contributed by atoms with Crippen molar-refractivity contribution in [3.8, 4) is 0 Å². The summed E-state index contributed by atoms with van der Waals surface area (Å²) in [5.41, 5.74) is 1.91. The van der Waals surface area contributed by atoms with Crippen LogP contribution in [-0.4, -0.2) is 33.1 Å². The molecule has 4 heteroatoms.